The molecule has 110 valence electrons. The summed E-state index contributed by atoms with van der Waals surface area (Å²) in [6.07, 6.45) is 5.43. The third-order valence-electron chi connectivity index (χ3n) is 3.81. The number of fused-ring (bicyclic) bond motifs is 1. The number of benzene rings is 1. The SMILES string of the molecule is CC(C)NC(=O)CCNC1CCCCc2ccccc21. The van der Waals surface area contributed by atoms with Crippen molar-refractivity contribution in [1.82, 2.24) is 10.6 Å². The molecule has 0 aliphatic heterocycles. The number of carbonyl (C=O) groups is 1. The molecule has 1 aromatic rings. The van der Waals surface area contributed by atoms with Crippen LogP contribution in [0.4, 0.5) is 0 Å². The Labute approximate surface area is 122 Å². The highest BCUT2D eigenvalue weighted by molar-refractivity contribution is 5.76. The van der Waals surface area contributed by atoms with Crippen molar-refractivity contribution in [3.05, 3.63) is 35.4 Å². The smallest absolute Gasteiger partial charge is 0.221 e. The van der Waals surface area contributed by atoms with E-state index in [1.807, 2.05) is 13.8 Å². The lowest BCUT2D eigenvalue weighted by atomic mass is 9.99. The molecule has 1 aromatic carbocycles. The van der Waals surface area contributed by atoms with E-state index in [1.54, 1.807) is 0 Å². The second-order valence-corrected chi connectivity index (χ2v) is 5.92. The number of hydrogen-bond acceptors (Lipinski definition) is 2. The van der Waals surface area contributed by atoms with Crippen LogP contribution >= 0.6 is 0 Å². The predicted molar refractivity (Wildman–Crippen MR) is 82.6 cm³/mol. The van der Waals surface area contributed by atoms with Gasteiger partial charge in [0.05, 0.1) is 0 Å². The van der Waals surface area contributed by atoms with Gasteiger partial charge in [-0.1, -0.05) is 30.7 Å². The normalized spacial score (nSPS) is 18.4. The van der Waals surface area contributed by atoms with Gasteiger partial charge in [-0.25, -0.2) is 0 Å². The van der Waals surface area contributed by atoms with Crippen LogP contribution in [0, 0.1) is 0 Å². The first-order chi connectivity index (χ1) is 9.66. The molecule has 0 bridgehead atoms. The lowest BCUT2D eigenvalue weighted by Gasteiger charge is -2.19. The highest BCUT2D eigenvalue weighted by Crippen LogP contribution is 2.28. The van der Waals surface area contributed by atoms with Crippen molar-refractivity contribution in [3.63, 3.8) is 0 Å². The highest BCUT2D eigenvalue weighted by atomic mass is 16.1. The number of nitrogens with one attached hydrogen (secondary N) is 2. The molecule has 3 heteroatoms. The van der Waals surface area contributed by atoms with Crippen LogP contribution < -0.4 is 10.6 Å². The van der Waals surface area contributed by atoms with Gasteiger partial charge in [0, 0.05) is 25.0 Å². The van der Waals surface area contributed by atoms with Gasteiger partial charge in [-0.05, 0) is 44.2 Å². The summed E-state index contributed by atoms with van der Waals surface area (Å²) < 4.78 is 0. The van der Waals surface area contributed by atoms with Crippen LogP contribution in [0.25, 0.3) is 0 Å². The lowest BCUT2D eigenvalue weighted by molar-refractivity contribution is -0.121. The average Bonchev–Trinajstić information content (AvgIpc) is 2.61. The quantitative estimate of drug-likeness (QED) is 0.811. The summed E-state index contributed by atoms with van der Waals surface area (Å²) in [4.78, 5) is 11.7. The van der Waals surface area contributed by atoms with Crippen molar-refractivity contribution in [3.8, 4) is 0 Å². The standard InChI is InChI=1S/C17H26N2O/c1-13(2)19-17(20)11-12-18-16-10-6-4-8-14-7-3-5-9-15(14)16/h3,5,7,9,13,16,18H,4,6,8,10-12H2,1-2H3,(H,19,20). The van der Waals surface area contributed by atoms with E-state index >= 15 is 0 Å². The largest absolute Gasteiger partial charge is 0.354 e. The first kappa shape index (κ1) is 15.0. The minimum atomic E-state index is 0.134. The molecule has 1 amide bonds. The minimum Gasteiger partial charge on any atom is -0.354 e. The van der Waals surface area contributed by atoms with Crippen molar-refractivity contribution < 1.29 is 4.79 Å². The van der Waals surface area contributed by atoms with Crippen molar-refractivity contribution in [2.75, 3.05) is 6.54 Å². The Bertz CT molecular complexity index is 442. The summed E-state index contributed by atoms with van der Waals surface area (Å²) in [7, 11) is 0. The Hall–Kier alpha value is -1.35. The molecule has 0 saturated carbocycles. The van der Waals surface area contributed by atoms with E-state index < -0.39 is 0 Å². The van der Waals surface area contributed by atoms with Crippen molar-refractivity contribution in [2.24, 2.45) is 0 Å². The number of aryl methyl sites for hydroxylation is 1. The third kappa shape index (κ3) is 4.34. The van der Waals surface area contributed by atoms with E-state index in [4.69, 9.17) is 0 Å². The maximum absolute atomic E-state index is 11.7. The molecule has 0 spiro atoms. The van der Waals surface area contributed by atoms with E-state index in [0.717, 1.165) is 6.54 Å². The molecule has 1 aliphatic rings. The van der Waals surface area contributed by atoms with E-state index in [0.29, 0.717) is 12.5 Å². The molecule has 0 saturated heterocycles. The molecule has 0 fully saturated rings. The van der Waals surface area contributed by atoms with Crippen molar-refractivity contribution in [1.29, 1.82) is 0 Å². The number of carbonyl (C=O) groups excluding carboxylic acids is 1. The summed E-state index contributed by atoms with van der Waals surface area (Å²) in [5, 5.41) is 6.49. The number of rotatable bonds is 5. The Morgan fingerprint density at radius 3 is 2.90 bits per heavy atom. The number of hydrogen-bond donors (Lipinski definition) is 2. The molecule has 0 radical (unpaired) electrons. The fourth-order valence-corrected chi connectivity index (χ4v) is 2.89. The molecule has 1 unspecified atom stereocenters. The molecule has 2 N–H and O–H groups in total. The topological polar surface area (TPSA) is 41.1 Å². The lowest BCUT2D eigenvalue weighted by Crippen LogP contribution is -2.33. The Kier molecular flexibility index (Phi) is 5.60. The molecular weight excluding hydrogens is 248 g/mol. The number of amides is 1. The van der Waals surface area contributed by atoms with Gasteiger partial charge in [-0.2, -0.15) is 0 Å². The fraction of sp³-hybridized carbons (Fsp3) is 0.588. The molecule has 1 aliphatic carbocycles. The zero-order valence-corrected chi connectivity index (χ0v) is 12.6. The molecular formula is C17H26N2O. The van der Waals surface area contributed by atoms with E-state index in [-0.39, 0.29) is 11.9 Å². The fourth-order valence-electron chi connectivity index (χ4n) is 2.89. The molecule has 1 atom stereocenters. The molecule has 3 nitrogen and oxygen atoms in total. The van der Waals surface area contributed by atoms with Crippen LogP contribution in [0.1, 0.15) is 56.7 Å². The van der Waals surface area contributed by atoms with Gasteiger partial charge in [0.2, 0.25) is 5.91 Å². The van der Waals surface area contributed by atoms with Crippen LogP contribution in [0.2, 0.25) is 0 Å². The van der Waals surface area contributed by atoms with Gasteiger partial charge in [-0.15, -0.1) is 0 Å². The molecule has 2 rings (SSSR count). The molecule has 20 heavy (non-hydrogen) atoms. The highest BCUT2D eigenvalue weighted by Gasteiger charge is 2.17. The van der Waals surface area contributed by atoms with Gasteiger partial charge in [0.1, 0.15) is 0 Å². The summed E-state index contributed by atoms with van der Waals surface area (Å²) in [5.74, 6) is 0.134. The van der Waals surface area contributed by atoms with Crippen LogP contribution in [0.3, 0.4) is 0 Å². The summed E-state index contributed by atoms with van der Waals surface area (Å²) in [6.45, 7) is 4.73. The summed E-state index contributed by atoms with van der Waals surface area (Å²) in [6, 6.07) is 9.33. The predicted octanol–water partition coefficient (Wildman–Crippen LogP) is 2.96. The molecule has 0 heterocycles. The van der Waals surface area contributed by atoms with E-state index in [2.05, 4.69) is 34.9 Å². The average molecular weight is 274 g/mol. The second kappa shape index (κ2) is 7.44. The van der Waals surface area contributed by atoms with Gasteiger partial charge in [-0.3, -0.25) is 4.79 Å². The van der Waals surface area contributed by atoms with Crippen LogP contribution in [0.5, 0.6) is 0 Å². The second-order valence-electron chi connectivity index (χ2n) is 5.92. The first-order valence-electron chi connectivity index (χ1n) is 7.77. The van der Waals surface area contributed by atoms with Crippen LogP contribution in [-0.2, 0) is 11.2 Å². The Balaban J connectivity index is 1.88. The van der Waals surface area contributed by atoms with Gasteiger partial charge in [0.15, 0.2) is 0 Å². The van der Waals surface area contributed by atoms with Crippen molar-refractivity contribution in [2.45, 2.75) is 58.0 Å². The van der Waals surface area contributed by atoms with Gasteiger partial charge < -0.3 is 10.6 Å². The zero-order valence-electron chi connectivity index (χ0n) is 12.6. The molecule has 0 aromatic heterocycles. The van der Waals surface area contributed by atoms with Crippen LogP contribution in [-0.4, -0.2) is 18.5 Å². The maximum Gasteiger partial charge on any atom is 0.221 e. The Morgan fingerprint density at radius 2 is 2.10 bits per heavy atom. The van der Waals surface area contributed by atoms with Gasteiger partial charge in [0.25, 0.3) is 0 Å². The first-order valence-corrected chi connectivity index (χ1v) is 7.77. The monoisotopic (exact) mass is 274 g/mol. The summed E-state index contributed by atoms with van der Waals surface area (Å²) in [5.41, 5.74) is 2.89. The van der Waals surface area contributed by atoms with E-state index in [9.17, 15) is 4.79 Å². The maximum atomic E-state index is 11.7. The van der Waals surface area contributed by atoms with Gasteiger partial charge >= 0.3 is 0 Å². The Morgan fingerprint density at radius 1 is 1.30 bits per heavy atom. The van der Waals surface area contributed by atoms with E-state index in [1.165, 1.54) is 36.8 Å². The third-order valence-corrected chi connectivity index (χ3v) is 3.81. The van der Waals surface area contributed by atoms with Crippen molar-refractivity contribution >= 4 is 5.91 Å². The zero-order chi connectivity index (χ0) is 14.4. The summed E-state index contributed by atoms with van der Waals surface area (Å²) >= 11 is 0. The minimum absolute atomic E-state index is 0.134. The van der Waals surface area contributed by atoms with Crippen LogP contribution in [0.15, 0.2) is 24.3 Å².